The van der Waals surface area contributed by atoms with Crippen molar-refractivity contribution in [2.45, 2.75) is 6.42 Å². The zero-order valence-corrected chi connectivity index (χ0v) is 7.14. The van der Waals surface area contributed by atoms with Crippen LogP contribution in [-0.4, -0.2) is 40.0 Å². The van der Waals surface area contributed by atoms with Crippen LogP contribution in [0.3, 0.4) is 0 Å². The van der Waals surface area contributed by atoms with E-state index in [4.69, 9.17) is 9.47 Å². The average molecular weight is 159 g/mol. The molecule has 66 valence electrons. The first kappa shape index (κ1) is 8.97. The predicted molar refractivity (Wildman–Crippen MR) is 43.7 cm³/mol. The molecular formula is C8H17NO2. The van der Waals surface area contributed by atoms with Crippen molar-refractivity contribution < 1.29 is 9.47 Å². The number of hydrogen-bond donors (Lipinski definition) is 1. The van der Waals surface area contributed by atoms with Gasteiger partial charge in [0.25, 0.3) is 0 Å². The molecule has 0 aromatic heterocycles. The summed E-state index contributed by atoms with van der Waals surface area (Å²) in [4.78, 5) is 0. The SMILES string of the molecule is COCCNC[C@H]1CCOC1. The van der Waals surface area contributed by atoms with Gasteiger partial charge < -0.3 is 14.8 Å². The summed E-state index contributed by atoms with van der Waals surface area (Å²) in [5, 5.41) is 3.32. The second-order valence-corrected chi connectivity index (χ2v) is 2.93. The molecule has 1 fully saturated rings. The van der Waals surface area contributed by atoms with Crippen LogP contribution < -0.4 is 5.32 Å². The second-order valence-electron chi connectivity index (χ2n) is 2.93. The Morgan fingerprint density at radius 2 is 2.55 bits per heavy atom. The molecule has 0 aromatic carbocycles. The molecule has 1 N–H and O–H groups in total. The lowest BCUT2D eigenvalue weighted by Crippen LogP contribution is -2.26. The van der Waals surface area contributed by atoms with E-state index in [1.54, 1.807) is 7.11 Å². The van der Waals surface area contributed by atoms with E-state index in [-0.39, 0.29) is 0 Å². The Labute approximate surface area is 68.1 Å². The number of hydrogen-bond acceptors (Lipinski definition) is 3. The molecule has 3 heteroatoms. The fourth-order valence-electron chi connectivity index (χ4n) is 1.22. The number of rotatable bonds is 5. The standard InChI is InChI=1S/C8H17NO2/c1-10-5-3-9-6-8-2-4-11-7-8/h8-9H,2-7H2,1H3/t8-/m1/s1. The van der Waals surface area contributed by atoms with E-state index in [0.717, 1.165) is 38.8 Å². The molecule has 0 amide bonds. The van der Waals surface area contributed by atoms with Crippen molar-refractivity contribution in [3.05, 3.63) is 0 Å². The monoisotopic (exact) mass is 159 g/mol. The van der Waals surface area contributed by atoms with Crippen molar-refractivity contribution in [2.24, 2.45) is 5.92 Å². The van der Waals surface area contributed by atoms with Gasteiger partial charge in [0.15, 0.2) is 0 Å². The van der Waals surface area contributed by atoms with Crippen LogP contribution >= 0.6 is 0 Å². The quantitative estimate of drug-likeness (QED) is 0.584. The average Bonchev–Trinajstić information content (AvgIpc) is 2.50. The molecule has 0 unspecified atom stereocenters. The Kier molecular flexibility index (Phi) is 4.50. The van der Waals surface area contributed by atoms with Crippen molar-refractivity contribution in [1.82, 2.24) is 5.32 Å². The van der Waals surface area contributed by atoms with Crippen molar-refractivity contribution in [1.29, 1.82) is 0 Å². The lowest BCUT2D eigenvalue weighted by Gasteiger charge is -2.07. The van der Waals surface area contributed by atoms with Gasteiger partial charge in [-0.1, -0.05) is 0 Å². The molecule has 11 heavy (non-hydrogen) atoms. The molecule has 1 heterocycles. The third-order valence-corrected chi connectivity index (χ3v) is 1.94. The largest absolute Gasteiger partial charge is 0.383 e. The molecule has 0 saturated carbocycles. The van der Waals surface area contributed by atoms with Gasteiger partial charge in [0.2, 0.25) is 0 Å². The van der Waals surface area contributed by atoms with Gasteiger partial charge >= 0.3 is 0 Å². The summed E-state index contributed by atoms with van der Waals surface area (Å²) in [6.45, 7) is 4.69. The third kappa shape index (κ3) is 3.70. The number of ether oxygens (including phenoxy) is 2. The van der Waals surface area contributed by atoms with Crippen molar-refractivity contribution in [3.8, 4) is 0 Å². The van der Waals surface area contributed by atoms with Gasteiger partial charge in [-0.05, 0) is 12.3 Å². The Morgan fingerprint density at radius 1 is 1.64 bits per heavy atom. The Hall–Kier alpha value is -0.120. The van der Waals surface area contributed by atoms with Crippen LogP contribution in [-0.2, 0) is 9.47 Å². The van der Waals surface area contributed by atoms with E-state index in [1.807, 2.05) is 0 Å². The van der Waals surface area contributed by atoms with Crippen LogP contribution in [0.1, 0.15) is 6.42 Å². The highest BCUT2D eigenvalue weighted by atomic mass is 16.5. The fourth-order valence-corrected chi connectivity index (χ4v) is 1.22. The summed E-state index contributed by atoms with van der Waals surface area (Å²) >= 11 is 0. The van der Waals surface area contributed by atoms with Gasteiger partial charge in [-0.2, -0.15) is 0 Å². The van der Waals surface area contributed by atoms with Gasteiger partial charge in [0, 0.05) is 26.8 Å². The van der Waals surface area contributed by atoms with Crippen LogP contribution in [0, 0.1) is 5.92 Å². The molecule has 1 rings (SSSR count). The van der Waals surface area contributed by atoms with Crippen LogP contribution in [0.5, 0.6) is 0 Å². The van der Waals surface area contributed by atoms with Gasteiger partial charge in [0.1, 0.15) is 0 Å². The van der Waals surface area contributed by atoms with Crippen LogP contribution in [0.2, 0.25) is 0 Å². The van der Waals surface area contributed by atoms with Gasteiger partial charge in [0.05, 0.1) is 13.2 Å². The highest BCUT2D eigenvalue weighted by Crippen LogP contribution is 2.10. The van der Waals surface area contributed by atoms with Crippen LogP contribution in [0.4, 0.5) is 0 Å². The molecule has 0 spiro atoms. The van der Waals surface area contributed by atoms with Crippen molar-refractivity contribution in [3.63, 3.8) is 0 Å². The highest BCUT2D eigenvalue weighted by molar-refractivity contribution is 4.66. The Bertz CT molecular complexity index is 92.1. The van der Waals surface area contributed by atoms with E-state index in [9.17, 15) is 0 Å². The van der Waals surface area contributed by atoms with Crippen molar-refractivity contribution in [2.75, 3.05) is 40.0 Å². The maximum absolute atomic E-state index is 5.24. The maximum atomic E-state index is 5.24. The summed E-state index contributed by atoms with van der Waals surface area (Å²) in [5.41, 5.74) is 0. The van der Waals surface area contributed by atoms with E-state index in [1.165, 1.54) is 6.42 Å². The number of methoxy groups -OCH3 is 1. The van der Waals surface area contributed by atoms with Gasteiger partial charge in [-0.25, -0.2) is 0 Å². The molecule has 1 aliphatic rings. The molecule has 0 bridgehead atoms. The smallest absolute Gasteiger partial charge is 0.0587 e. The molecule has 1 saturated heterocycles. The maximum Gasteiger partial charge on any atom is 0.0587 e. The summed E-state index contributed by atoms with van der Waals surface area (Å²) < 4.78 is 10.2. The van der Waals surface area contributed by atoms with E-state index in [2.05, 4.69) is 5.32 Å². The minimum atomic E-state index is 0.729. The second kappa shape index (κ2) is 5.52. The fraction of sp³-hybridized carbons (Fsp3) is 1.00. The first-order chi connectivity index (χ1) is 5.43. The molecule has 1 atom stereocenters. The third-order valence-electron chi connectivity index (χ3n) is 1.94. The first-order valence-corrected chi connectivity index (χ1v) is 4.21. The normalized spacial score (nSPS) is 24.3. The predicted octanol–water partition coefficient (Wildman–Crippen LogP) is 0.259. The topological polar surface area (TPSA) is 30.5 Å². The number of nitrogens with one attached hydrogen (secondary N) is 1. The van der Waals surface area contributed by atoms with E-state index >= 15 is 0 Å². The molecular weight excluding hydrogens is 142 g/mol. The first-order valence-electron chi connectivity index (χ1n) is 4.21. The highest BCUT2D eigenvalue weighted by Gasteiger charge is 2.14. The van der Waals surface area contributed by atoms with Crippen LogP contribution in [0.15, 0.2) is 0 Å². The summed E-state index contributed by atoms with van der Waals surface area (Å²) in [6, 6.07) is 0. The summed E-state index contributed by atoms with van der Waals surface area (Å²) in [7, 11) is 1.72. The lowest BCUT2D eigenvalue weighted by molar-refractivity contribution is 0.180. The van der Waals surface area contributed by atoms with E-state index in [0.29, 0.717) is 0 Å². The van der Waals surface area contributed by atoms with E-state index < -0.39 is 0 Å². The van der Waals surface area contributed by atoms with Gasteiger partial charge in [-0.3, -0.25) is 0 Å². The summed E-state index contributed by atoms with van der Waals surface area (Å²) in [5.74, 6) is 0.729. The summed E-state index contributed by atoms with van der Waals surface area (Å²) in [6.07, 6.45) is 1.21. The zero-order chi connectivity index (χ0) is 7.94. The molecule has 0 aliphatic carbocycles. The van der Waals surface area contributed by atoms with Crippen molar-refractivity contribution >= 4 is 0 Å². The molecule has 1 aliphatic heterocycles. The Morgan fingerprint density at radius 3 is 3.18 bits per heavy atom. The van der Waals surface area contributed by atoms with Crippen LogP contribution in [0.25, 0.3) is 0 Å². The minimum absolute atomic E-state index is 0.729. The molecule has 0 aromatic rings. The molecule has 3 nitrogen and oxygen atoms in total. The Balaban J connectivity index is 1.86. The molecule has 0 radical (unpaired) electrons. The van der Waals surface area contributed by atoms with Gasteiger partial charge in [-0.15, -0.1) is 0 Å². The zero-order valence-electron chi connectivity index (χ0n) is 7.14. The lowest BCUT2D eigenvalue weighted by atomic mass is 10.1. The minimum Gasteiger partial charge on any atom is -0.383 e.